The molecule has 1 aromatic rings. The molecule has 1 aliphatic heterocycles. The molecule has 1 aliphatic rings. The molecule has 0 aliphatic carbocycles. The van der Waals surface area contributed by atoms with Gasteiger partial charge in [0.2, 0.25) is 0 Å². The maximum atomic E-state index is 9.37. The SMILES string of the molecule is CC(C)c1ccc2c(c1)CC(O)N2. The minimum Gasteiger partial charge on any atom is -0.373 e. The lowest BCUT2D eigenvalue weighted by Crippen LogP contribution is -2.12. The van der Waals surface area contributed by atoms with E-state index in [1.165, 1.54) is 11.1 Å². The summed E-state index contributed by atoms with van der Waals surface area (Å²) in [6.07, 6.45) is 0.341. The van der Waals surface area contributed by atoms with E-state index in [0.717, 1.165) is 12.1 Å². The summed E-state index contributed by atoms with van der Waals surface area (Å²) in [5.41, 5.74) is 3.66. The zero-order chi connectivity index (χ0) is 9.42. The highest BCUT2D eigenvalue weighted by atomic mass is 16.3. The van der Waals surface area contributed by atoms with Crippen molar-refractivity contribution in [2.75, 3.05) is 5.32 Å². The third-order valence-electron chi connectivity index (χ3n) is 2.53. The highest BCUT2D eigenvalue weighted by Gasteiger charge is 2.18. The predicted octanol–water partition coefficient (Wildman–Crippen LogP) is 2.10. The number of benzene rings is 1. The van der Waals surface area contributed by atoms with Crippen LogP contribution in [0.15, 0.2) is 18.2 Å². The molecule has 0 fully saturated rings. The summed E-state index contributed by atoms with van der Waals surface area (Å²) in [4.78, 5) is 0. The van der Waals surface area contributed by atoms with Crippen molar-refractivity contribution < 1.29 is 5.11 Å². The Morgan fingerprint density at radius 1 is 1.46 bits per heavy atom. The number of fused-ring (bicyclic) bond motifs is 1. The molecular weight excluding hydrogens is 162 g/mol. The van der Waals surface area contributed by atoms with Gasteiger partial charge in [-0.25, -0.2) is 0 Å². The maximum Gasteiger partial charge on any atom is 0.128 e. The summed E-state index contributed by atoms with van der Waals surface area (Å²) in [7, 11) is 0. The molecule has 2 nitrogen and oxygen atoms in total. The van der Waals surface area contributed by atoms with E-state index in [4.69, 9.17) is 0 Å². The highest BCUT2D eigenvalue weighted by molar-refractivity contribution is 5.57. The quantitative estimate of drug-likeness (QED) is 0.688. The van der Waals surface area contributed by atoms with E-state index >= 15 is 0 Å². The van der Waals surface area contributed by atoms with Crippen LogP contribution in [0.4, 0.5) is 5.69 Å². The number of hydrogen-bond acceptors (Lipinski definition) is 2. The average molecular weight is 177 g/mol. The normalized spacial score (nSPS) is 20.2. The van der Waals surface area contributed by atoms with Crippen LogP contribution in [-0.4, -0.2) is 11.3 Å². The Morgan fingerprint density at radius 3 is 2.92 bits per heavy atom. The molecule has 2 N–H and O–H groups in total. The molecule has 1 atom stereocenters. The van der Waals surface area contributed by atoms with E-state index in [1.807, 2.05) is 0 Å². The first-order chi connectivity index (χ1) is 6.16. The fourth-order valence-electron chi connectivity index (χ4n) is 1.72. The molecule has 0 spiro atoms. The lowest BCUT2D eigenvalue weighted by atomic mass is 10.00. The van der Waals surface area contributed by atoms with Crippen molar-refractivity contribution in [3.05, 3.63) is 29.3 Å². The highest BCUT2D eigenvalue weighted by Crippen LogP contribution is 2.28. The largest absolute Gasteiger partial charge is 0.373 e. The van der Waals surface area contributed by atoms with Crippen LogP contribution in [0.5, 0.6) is 0 Å². The van der Waals surface area contributed by atoms with Crippen molar-refractivity contribution in [2.24, 2.45) is 0 Å². The minimum absolute atomic E-state index is 0.391. The first kappa shape index (κ1) is 8.57. The number of aliphatic hydroxyl groups is 1. The lowest BCUT2D eigenvalue weighted by molar-refractivity contribution is 0.212. The number of aliphatic hydroxyl groups excluding tert-OH is 1. The topological polar surface area (TPSA) is 32.3 Å². The summed E-state index contributed by atoms with van der Waals surface area (Å²) in [5, 5.41) is 12.4. The van der Waals surface area contributed by atoms with Gasteiger partial charge in [-0.15, -0.1) is 0 Å². The number of rotatable bonds is 1. The second-order valence-corrected chi connectivity index (χ2v) is 3.94. The molecule has 13 heavy (non-hydrogen) atoms. The Bertz CT molecular complexity index is 320. The van der Waals surface area contributed by atoms with Gasteiger partial charge in [0, 0.05) is 12.1 Å². The van der Waals surface area contributed by atoms with E-state index in [-0.39, 0.29) is 0 Å². The van der Waals surface area contributed by atoms with Crippen LogP contribution in [0.1, 0.15) is 30.9 Å². The Hall–Kier alpha value is -1.02. The molecule has 1 aromatic carbocycles. The van der Waals surface area contributed by atoms with Gasteiger partial charge in [-0.05, 0) is 23.1 Å². The number of anilines is 1. The maximum absolute atomic E-state index is 9.37. The Morgan fingerprint density at radius 2 is 2.23 bits per heavy atom. The fourth-order valence-corrected chi connectivity index (χ4v) is 1.72. The Kier molecular flexibility index (Phi) is 2.00. The molecule has 0 saturated heterocycles. The summed E-state index contributed by atoms with van der Waals surface area (Å²) in [5.74, 6) is 0.558. The van der Waals surface area contributed by atoms with E-state index in [9.17, 15) is 5.11 Å². The third kappa shape index (κ3) is 1.54. The van der Waals surface area contributed by atoms with Crippen molar-refractivity contribution in [2.45, 2.75) is 32.4 Å². The third-order valence-corrected chi connectivity index (χ3v) is 2.53. The zero-order valence-corrected chi connectivity index (χ0v) is 8.04. The molecule has 70 valence electrons. The van der Waals surface area contributed by atoms with E-state index < -0.39 is 6.23 Å². The molecule has 1 unspecified atom stereocenters. The van der Waals surface area contributed by atoms with Crippen LogP contribution < -0.4 is 5.32 Å². The average Bonchev–Trinajstić information content (AvgIpc) is 2.42. The summed E-state index contributed by atoms with van der Waals surface area (Å²) in [6.45, 7) is 4.36. The van der Waals surface area contributed by atoms with Gasteiger partial charge in [-0.1, -0.05) is 26.0 Å². The summed E-state index contributed by atoms with van der Waals surface area (Å²) >= 11 is 0. The van der Waals surface area contributed by atoms with Gasteiger partial charge in [0.25, 0.3) is 0 Å². The smallest absolute Gasteiger partial charge is 0.128 e. The first-order valence-electron chi connectivity index (χ1n) is 4.74. The second-order valence-electron chi connectivity index (χ2n) is 3.94. The van der Waals surface area contributed by atoms with Crippen LogP contribution in [0, 0.1) is 0 Å². The van der Waals surface area contributed by atoms with E-state index in [0.29, 0.717) is 5.92 Å². The van der Waals surface area contributed by atoms with Crippen LogP contribution in [0.3, 0.4) is 0 Å². The van der Waals surface area contributed by atoms with Crippen LogP contribution in [0.25, 0.3) is 0 Å². The lowest BCUT2D eigenvalue weighted by Gasteiger charge is -2.07. The Balaban J connectivity index is 2.35. The van der Waals surface area contributed by atoms with Gasteiger partial charge < -0.3 is 10.4 Å². The van der Waals surface area contributed by atoms with Crippen molar-refractivity contribution in [3.8, 4) is 0 Å². The summed E-state index contributed by atoms with van der Waals surface area (Å²) < 4.78 is 0. The van der Waals surface area contributed by atoms with Gasteiger partial charge in [0.05, 0.1) is 0 Å². The minimum atomic E-state index is -0.391. The number of hydrogen-bond donors (Lipinski definition) is 2. The second kappa shape index (κ2) is 3.04. The van der Waals surface area contributed by atoms with Crippen molar-refractivity contribution in [3.63, 3.8) is 0 Å². The Labute approximate surface area is 78.6 Å². The van der Waals surface area contributed by atoms with Gasteiger partial charge >= 0.3 is 0 Å². The van der Waals surface area contributed by atoms with Crippen molar-refractivity contribution >= 4 is 5.69 Å². The zero-order valence-electron chi connectivity index (χ0n) is 8.04. The van der Waals surface area contributed by atoms with Gasteiger partial charge in [-0.3, -0.25) is 0 Å². The van der Waals surface area contributed by atoms with Crippen molar-refractivity contribution in [1.29, 1.82) is 0 Å². The van der Waals surface area contributed by atoms with Gasteiger partial charge in [0.15, 0.2) is 0 Å². The van der Waals surface area contributed by atoms with Crippen LogP contribution >= 0.6 is 0 Å². The van der Waals surface area contributed by atoms with Crippen LogP contribution in [-0.2, 0) is 6.42 Å². The predicted molar refractivity (Wildman–Crippen MR) is 53.9 cm³/mol. The molecule has 0 aromatic heterocycles. The standard InChI is InChI=1S/C11H15NO/c1-7(2)8-3-4-10-9(5-8)6-11(13)12-10/h3-5,7,11-13H,6H2,1-2H3. The summed E-state index contributed by atoms with van der Waals surface area (Å²) in [6, 6.07) is 6.36. The number of nitrogens with one attached hydrogen (secondary N) is 1. The molecule has 0 saturated carbocycles. The van der Waals surface area contributed by atoms with E-state index in [2.05, 4.69) is 37.4 Å². The first-order valence-corrected chi connectivity index (χ1v) is 4.74. The molecule has 1 heterocycles. The van der Waals surface area contributed by atoms with Crippen LogP contribution in [0.2, 0.25) is 0 Å². The van der Waals surface area contributed by atoms with E-state index in [1.54, 1.807) is 0 Å². The fraction of sp³-hybridized carbons (Fsp3) is 0.455. The van der Waals surface area contributed by atoms with Gasteiger partial charge in [-0.2, -0.15) is 0 Å². The molecule has 0 amide bonds. The molecule has 2 rings (SSSR count). The van der Waals surface area contributed by atoms with Gasteiger partial charge in [0.1, 0.15) is 6.23 Å². The molecular formula is C11H15NO. The molecule has 0 radical (unpaired) electrons. The molecule has 2 heteroatoms. The molecule has 0 bridgehead atoms. The van der Waals surface area contributed by atoms with Crippen molar-refractivity contribution in [1.82, 2.24) is 0 Å². The monoisotopic (exact) mass is 177 g/mol.